The molecule has 3 aromatic carbocycles. The van der Waals surface area contributed by atoms with E-state index in [1.165, 1.54) is 4.90 Å². The second-order valence-electron chi connectivity index (χ2n) is 7.72. The van der Waals surface area contributed by atoms with E-state index in [1.807, 2.05) is 24.3 Å². The van der Waals surface area contributed by atoms with Gasteiger partial charge in [0.1, 0.15) is 11.5 Å². The zero-order valence-electron chi connectivity index (χ0n) is 18.9. The highest BCUT2D eigenvalue weighted by molar-refractivity contribution is 6.18. The Morgan fingerprint density at radius 2 is 1.81 bits per heavy atom. The molecule has 0 saturated heterocycles. The molecule has 0 aliphatic heterocycles. The predicted molar refractivity (Wildman–Crippen MR) is 133 cm³/mol. The maximum atomic E-state index is 13.2. The van der Waals surface area contributed by atoms with Gasteiger partial charge in [0.05, 0.1) is 16.0 Å². The highest BCUT2D eigenvalue weighted by atomic mass is 35.5. The number of hydrogen-bond acceptors (Lipinski definition) is 5. The van der Waals surface area contributed by atoms with Crippen molar-refractivity contribution in [3.8, 4) is 11.5 Å². The van der Waals surface area contributed by atoms with Crippen molar-refractivity contribution in [1.82, 2.24) is 4.98 Å². The molecule has 0 fully saturated rings. The number of nitrogens with zero attached hydrogens (tertiary/aromatic N) is 3. The number of halogens is 4. The minimum Gasteiger partial charge on any atom is -0.457 e. The molecule has 0 spiro atoms. The molecule has 12 heteroatoms. The first-order valence-electron chi connectivity index (χ1n) is 10.8. The molecule has 190 valence electrons. The van der Waals surface area contributed by atoms with Crippen LogP contribution in [0.2, 0.25) is 0 Å². The first-order chi connectivity index (χ1) is 17.7. The Balaban J connectivity index is 1.56. The van der Waals surface area contributed by atoms with E-state index in [1.54, 1.807) is 36.5 Å². The maximum Gasteiger partial charge on any atom is 0.416 e. The van der Waals surface area contributed by atoms with Gasteiger partial charge in [-0.25, -0.2) is 4.79 Å². The quantitative estimate of drug-likeness (QED) is 0.154. The van der Waals surface area contributed by atoms with Crippen LogP contribution in [0.5, 0.6) is 11.5 Å². The summed E-state index contributed by atoms with van der Waals surface area (Å²) in [5.41, 5.74) is -1.30. The molecule has 1 aromatic heterocycles. The summed E-state index contributed by atoms with van der Waals surface area (Å²) in [7, 11) is 0. The lowest BCUT2D eigenvalue weighted by atomic mass is 10.1. The Kier molecular flexibility index (Phi) is 7.44. The fourth-order valence-electron chi connectivity index (χ4n) is 3.56. The molecule has 0 unspecified atom stereocenters. The number of nitro benzene ring substituents is 1. The number of hydrogen-bond donors (Lipinski definition) is 1. The highest BCUT2D eigenvalue weighted by Crippen LogP contribution is 2.34. The van der Waals surface area contributed by atoms with Gasteiger partial charge in [-0.05, 0) is 48.5 Å². The van der Waals surface area contributed by atoms with Gasteiger partial charge in [-0.1, -0.05) is 12.1 Å². The van der Waals surface area contributed by atoms with E-state index in [9.17, 15) is 28.1 Å². The van der Waals surface area contributed by atoms with Gasteiger partial charge in [-0.2, -0.15) is 13.2 Å². The van der Waals surface area contributed by atoms with Gasteiger partial charge < -0.3 is 10.1 Å². The lowest BCUT2D eigenvalue weighted by Gasteiger charge is -2.23. The average molecular weight is 531 g/mol. The van der Waals surface area contributed by atoms with Crippen molar-refractivity contribution in [2.24, 2.45) is 0 Å². The Morgan fingerprint density at radius 3 is 2.49 bits per heavy atom. The van der Waals surface area contributed by atoms with Crippen LogP contribution in [-0.4, -0.2) is 28.4 Å². The Bertz CT molecular complexity index is 1440. The number of ether oxygens (including phenoxy) is 1. The summed E-state index contributed by atoms with van der Waals surface area (Å²) in [4.78, 5) is 28.5. The number of aromatic nitrogens is 1. The normalized spacial score (nSPS) is 11.2. The standard InChI is InChI=1S/C25H18ClF3N4O4/c26-10-12-32(24(34)31-17-13-16(25(27,28)29)14-19(15-17)33(35)36)18-5-7-20(8-6-18)37-23-9-11-30-22-4-2-1-3-21(22)23/h1-9,11,13-15H,10,12H2,(H,31,34). The van der Waals surface area contributed by atoms with Crippen LogP contribution < -0.4 is 15.0 Å². The van der Waals surface area contributed by atoms with Crippen LogP contribution >= 0.6 is 11.6 Å². The highest BCUT2D eigenvalue weighted by Gasteiger charge is 2.33. The third-order valence-corrected chi connectivity index (χ3v) is 5.41. The third kappa shape index (κ3) is 6.07. The van der Waals surface area contributed by atoms with E-state index in [2.05, 4.69) is 10.3 Å². The number of benzene rings is 3. The lowest BCUT2D eigenvalue weighted by Crippen LogP contribution is -2.36. The van der Waals surface area contributed by atoms with Gasteiger partial charge in [0, 0.05) is 47.5 Å². The number of para-hydroxylation sites is 1. The van der Waals surface area contributed by atoms with Crippen molar-refractivity contribution >= 4 is 45.6 Å². The van der Waals surface area contributed by atoms with Crippen LogP contribution in [0.25, 0.3) is 10.9 Å². The number of carbonyl (C=O) groups excluding carboxylic acids is 1. The molecule has 37 heavy (non-hydrogen) atoms. The number of pyridine rings is 1. The minimum absolute atomic E-state index is 0.0175. The minimum atomic E-state index is -4.84. The number of alkyl halides is 4. The van der Waals surface area contributed by atoms with Gasteiger partial charge in [-0.15, -0.1) is 11.6 Å². The molecular formula is C25H18ClF3N4O4. The van der Waals surface area contributed by atoms with Crippen LogP contribution in [0.15, 0.2) is 79.0 Å². The summed E-state index contributed by atoms with van der Waals surface area (Å²) >= 11 is 5.85. The number of non-ortho nitro benzene ring substituents is 1. The molecule has 2 amide bonds. The predicted octanol–water partition coefficient (Wildman–Crippen LogP) is 7.23. The van der Waals surface area contributed by atoms with Crippen LogP contribution in [-0.2, 0) is 6.18 Å². The summed E-state index contributed by atoms with van der Waals surface area (Å²) in [5.74, 6) is 1.08. The van der Waals surface area contributed by atoms with Crippen molar-refractivity contribution in [3.05, 3.63) is 94.7 Å². The number of nitro groups is 1. The van der Waals surface area contributed by atoms with Gasteiger partial charge in [0.25, 0.3) is 5.69 Å². The zero-order chi connectivity index (χ0) is 26.6. The van der Waals surface area contributed by atoms with E-state index in [4.69, 9.17) is 16.3 Å². The SMILES string of the molecule is O=C(Nc1cc([N+](=O)[O-])cc(C(F)(F)F)c1)N(CCCl)c1ccc(Oc2ccnc3ccccc23)cc1. The molecule has 0 radical (unpaired) electrons. The summed E-state index contributed by atoms with van der Waals surface area (Å²) < 4.78 is 45.6. The Morgan fingerprint density at radius 1 is 1.08 bits per heavy atom. The smallest absolute Gasteiger partial charge is 0.416 e. The number of urea groups is 1. The van der Waals surface area contributed by atoms with Crippen molar-refractivity contribution < 1.29 is 27.6 Å². The van der Waals surface area contributed by atoms with Crippen LogP contribution in [0.3, 0.4) is 0 Å². The van der Waals surface area contributed by atoms with Gasteiger partial charge >= 0.3 is 12.2 Å². The third-order valence-electron chi connectivity index (χ3n) is 5.25. The van der Waals surface area contributed by atoms with Crippen molar-refractivity contribution in [3.63, 3.8) is 0 Å². The first-order valence-corrected chi connectivity index (χ1v) is 11.3. The monoisotopic (exact) mass is 530 g/mol. The van der Waals surface area contributed by atoms with E-state index in [0.717, 1.165) is 17.0 Å². The second kappa shape index (κ2) is 10.7. The first kappa shape index (κ1) is 25.7. The fourth-order valence-corrected chi connectivity index (χ4v) is 3.72. The molecule has 0 aliphatic rings. The molecule has 1 heterocycles. The van der Waals surface area contributed by atoms with Crippen molar-refractivity contribution in [2.75, 3.05) is 22.6 Å². The molecule has 0 bridgehead atoms. The maximum absolute atomic E-state index is 13.2. The number of fused-ring (bicyclic) bond motifs is 1. The van der Waals surface area contributed by atoms with Gasteiger partial charge in [0.15, 0.2) is 0 Å². The number of rotatable bonds is 7. The summed E-state index contributed by atoms with van der Waals surface area (Å²) in [6.45, 7) is 0.0175. The fraction of sp³-hybridized carbons (Fsp3) is 0.120. The molecule has 4 aromatic rings. The zero-order valence-corrected chi connectivity index (χ0v) is 19.7. The number of anilines is 2. The topological polar surface area (TPSA) is 97.6 Å². The van der Waals surface area contributed by atoms with Crippen LogP contribution in [0.4, 0.5) is 35.0 Å². The lowest BCUT2D eigenvalue weighted by molar-refractivity contribution is -0.385. The van der Waals surface area contributed by atoms with E-state index in [-0.39, 0.29) is 18.1 Å². The van der Waals surface area contributed by atoms with Crippen molar-refractivity contribution in [2.45, 2.75) is 6.18 Å². The van der Waals surface area contributed by atoms with Crippen molar-refractivity contribution in [1.29, 1.82) is 0 Å². The molecule has 4 rings (SSSR count). The number of amides is 2. The van der Waals surface area contributed by atoms with Gasteiger partial charge in [0.2, 0.25) is 0 Å². The summed E-state index contributed by atoms with van der Waals surface area (Å²) in [5, 5.41) is 14.2. The molecule has 1 N–H and O–H groups in total. The summed E-state index contributed by atoms with van der Waals surface area (Å²) in [6.07, 6.45) is -3.21. The van der Waals surface area contributed by atoms with E-state index in [0.29, 0.717) is 29.3 Å². The number of nitrogens with one attached hydrogen (secondary N) is 1. The largest absolute Gasteiger partial charge is 0.457 e. The van der Waals surface area contributed by atoms with Crippen LogP contribution in [0.1, 0.15) is 5.56 Å². The average Bonchev–Trinajstić information content (AvgIpc) is 2.87. The molecule has 0 aliphatic carbocycles. The molecular weight excluding hydrogens is 513 g/mol. The Labute approximate surface area is 213 Å². The van der Waals surface area contributed by atoms with E-state index < -0.39 is 28.4 Å². The number of carbonyl (C=O) groups is 1. The molecule has 0 atom stereocenters. The van der Waals surface area contributed by atoms with E-state index >= 15 is 0 Å². The van der Waals surface area contributed by atoms with Gasteiger partial charge in [-0.3, -0.25) is 20.0 Å². The molecule has 0 saturated carbocycles. The summed E-state index contributed by atoms with van der Waals surface area (Å²) in [6, 6.07) is 16.6. The molecule has 8 nitrogen and oxygen atoms in total. The second-order valence-corrected chi connectivity index (χ2v) is 8.09. The Hall–Kier alpha value is -4.38. The van der Waals surface area contributed by atoms with Crippen LogP contribution in [0, 0.1) is 10.1 Å².